The predicted molar refractivity (Wildman–Crippen MR) is 97.8 cm³/mol. The minimum Gasteiger partial charge on any atom is -0.504 e. The molecular weight excluding hydrogens is 440 g/mol. The quantitative estimate of drug-likeness (QED) is 0.178. The highest BCUT2D eigenvalue weighted by molar-refractivity contribution is 5.89. The van der Waals surface area contributed by atoms with Crippen molar-refractivity contribution < 1.29 is 69.7 Å². The van der Waals surface area contributed by atoms with E-state index < -0.39 is 97.3 Å². The summed E-state index contributed by atoms with van der Waals surface area (Å²) >= 11 is 0. The van der Waals surface area contributed by atoms with Gasteiger partial charge in [-0.25, -0.2) is 4.79 Å². The number of hydrogen-bond acceptors (Lipinski definition) is 13. The van der Waals surface area contributed by atoms with Crippen molar-refractivity contribution in [1.29, 1.82) is 0 Å². The van der Waals surface area contributed by atoms with Gasteiger partial charge in [-0.05, 0) is 12.1 Å². The maximum atomic E-state index is 11.1. The molecule has 32 heavy (non-hydrogen) atoms. The summed E-state index contributed by atoms with van der Waals surface area (Å²) in [5.41, 5.74) is -2.41. The highest BCUT2D eigenvalue weighted by Crippen LogP contribution is 2.38. The third kappa shape index (κ3) is 4.59. The summed E-state index contributed by atoms with van der Waals surface area (Å²) in [7, 11) is 0. The Hall–Kier alpha value is -2.27. The average molecular weight is 464 g/mol. The number of carboxylic acid groups (broad SMARTS) is 1. The number of carboxylic acids is 1. The molecule has 0 saturated carbocycles. The second kappa shape index (κ2) is 9.30. The molecule has 1 aromatic carbocycles. The summed E-state index contributed by atoms with van der Waals surface area (Å²) in [6.45, 7) is -1.78. The second-order valence-electron chi connectivity index (χ2n) is 7.50. The van der Waals surface area contributed by atoms with Crippen molar-refractivity contribution >= 4 is 5.97 Å². The Balaban J connectivity index is 1.72. The number of rotatable bonds is 7. The largest absolute Gasteiger partial charge is 0.504 e. The SMILES string of the molecule is O=C(O)c1cc(O)c(O)c(O[C@@H]2O[C@H](CO[C@H]3OC[C@@](O)(CO)[C@@H]3O)[C@@H](O)[C@H](O)[C@H]2O)c1. The average Bonchev–Trinajstić information content (AvgIpc) is 3.05. The Morgan fingerprint density at radius 1 is 1.09 bits per heavy atom. The van der Waals surface area contributed by atoms with Crippen LogP contribution in [-0.2, 0) is 14.2 Å². The van der Waals surface area contributed by atoms with Gasteiger partial charge in [-0.1, -0.05) is 0 Å². The summed E-state index contributed by atoms with van der Waals surface area (Å²) in [4.78, 5) is 11.1. The summed E-state index contributed by atoms with van der Waals surface area (Å²) in [5, 5.41) is 88.2. The van der Waals surface area contributed by atoms with Crippen molar-refractivity contribution in [3.05, 3.63) is 17.7 Å². The van der Waals surface area contributed by atoms with Gasteiger partial charge in [0.1, 0.15) is 36.1 Å². The van der Waals surface area contributed by atoms with Gasteiger partial charge in [0.2, 0.25) is 12.0 Å². The van der Waals surface area contributed by atoms with E-state index in [0.717, 1.165) is 12.1 Å². The van der Waals surface area contributed by atoms with Crippen LogP contribution < -0.4 is 4.74 Å². The van der Waals surface area contributed by atoms with Gasteiger partial charge in [-0.15, -0.1) is 0 Å². The van der Waals surface area contributed by atoms with Gasteiger partial charge in [-0.3, -0.25) is 0 Å². The molecule has 2 saturated heterocycles. The van der Waals surface area contributed by atoms with E-state index in [1.807, 2.05) is 0 Å². The lowest BCUT2D eigenvalue weighted by atomic mass is 9.99. The Morgan fingerprint density at radius 3 is 2.38 bits per heavy atom. The van der Waals surface area contributed by atoms with Crippen LogP contribution in [0.4, 0.5) is 0 Å². The number of carbonyl (C=O) groups is 1. The van der Waals surface area contributed by atoms with E-state index in [4.69, 9.17) is 29.2 Å². The van der Waals surface area contributed by atoms with Gasteiger partial charge in [0, 0.05) is 0 Å². The number of aromatic hydroxyl groups is 2. The zero-order chi connectivity index (χ0) is 23.8. The molecule has 8 atom stereocenters. The van der Waals surface area contributed by atoms with Crippen LogP contribution in [0.1, 0.15) is 10.4 Å². The van der Waals surface area contributed by atoms with Crippen LogP contribution in [0.2, 0.25) is 0 Å². The molecule has 0 unspecified atom stereocenters. The van der Waals surface area contributed by atoms with Crippen LogP contribution in [0.3, 0.4) is 0 Å². The lowest BCUT2D eigenvalue weighted by Gasteiger charge is -2.40. The number of aromatic carboxylic acids is 1. The molecule has 9 N–H and O–H groups in total. The van der Waals surface area contributed by atoms with Crippen LogP contribution in [0.15, 0.2) is 12.1 Å². The first-order valence-corrected chi connectivity index (χ1v) is 9.38. The van der Waals surface area contributed by atoms with Crippen molar-refractivity contribution in [2.24, 2.45) is 0 Å². The van der Waals surface area contributed by atoms with E-state index in [1.165, 1.54) is 0 Å². The molecule has 180 valence electrons. The van der Waals surface area contributed by atoms with E-state index in [9.17, 15) is 40.5 Å². The molecule has 14 nitrogen and oxygen atoms in total. The topological polar surface area (TPSA) is 236 Å². The zero-order valence-corrected chi connectivity index (χ0v) is 16.4. The molecule has 0 aromatic heterocycles. The first-order chi connectivity index (χ1) is 15.0. The molecule has 2 heterocycles. The molecular formula is C18H24O14. The molecule has 2 fully saturated rings. The van der Waals surface area contributed by atoms with Crippen molar-refractivity contribution in [2.75, 3.05) is 19.8 Å². The number of phenols is 2. The van der Waals surface area contributed by atoms with Crippen molar-refractivity contribution in [1.82, 2.24) is 0 Å². The first-order valence-electron chi connectivity index (χ1n) is 9.38. The van der Waals surface area contributed by atoms with E-state index in [-0.39, 0.29) is 0 Å². The molecule has 0 radical (unpaired) electrons. The van der Waals surface area contributed by atoms with Crippen LogP contribution in [-0.4, -0.2) is 120 Å². The van der Waals surface area contributed by atoms with Gasteiger partial charge in [0.15, 0.2) is 17.8 Å². The Labute approximate surface area is 180 Å². The fourth-order valence-electron chi connectivity index (χ4n) is 3.21. The number of aliphatic hydroxyl groups is 6. The number of aliphatic hydroxyl groups excluding tert-OH is 5. The lowest BCUT2D eigenvalue weighted by molar-refractivity contribution is -0.289. The van der Waals surface area contributed by atoms with Crippen LogP contribution in [0, 0.1) is 0 Å². The summed E-state index contributed by atoms with van der Waals surface area (Å²) in [5.74, 6) is -3.72. The minimum absolute atomic E-state index is 0.431. The number of phenolic OH excluding ortho intramolecular Hbond substituents is 2. The maximum absolute atomic E-state index is 11.1. The first kappa shape index (κ1) is 24.4. The molecule has 14 heteroatoms. The minimum atomic E-state index is -1.95. The van der Waals surface area contributed by atoms with Crippen molar-refractivity contribution in [3.8, 4) is 17.2 Å². The summed E-state index contributed by atoms with van der Waals surface area (Å²) < 4.78 is 20.9. The Bertz CT molecular complexity index is 832. The zero-order valence-electron chi connectivity index (χ0n) is 16.4. The summed E-state index contributed by atoms with van der Waals surface area (Å²) in [6, 6.07) is 1.60. The van der Waals surface area contributed by atoms with Gasteiger partial charge >= 0.3 is 5.97 Å². The van der Waals surface area contributed by atoms with Gasteiger partial charge in [-0.2, -0.15) is 0 Å². The molecule has 0 bridgehead atoms. The van der Waals surface area contributed by atoms with Crippen LogP contribution in [0.25, 0.3) is 0 Å². The Kier molecular flexibility index (Phi) is 7.09. The smallest absolute Gasteiger partial charge is 0.335 e. The normalized spacial score (nSPS) is 37.4. The molecule has 2 aliphatic rings. The van der Waals surface area contributed by atoms with E-state index in [2.05, 4.69) is 0 Å². The molecule has 0 aliphatic carbocycles. The van der Waals surface area contributed by atoms with Crippen molar-refractivity contribution in [3.63, 3.8) is 0 Å². The molecule has 0 spiro atoms. The van der Waals surface area contributed by atoms with Crippen LogP contribution in [0.5, 0.6) is 17.2 Å². The highest BCUT2D eigenvalue weighted by Gasteiger charge is 2.50. The van der Waals surface area contributed by atoms with Gasteiger partial charge < -0.3 is 64.9 Å². The fraction of sp³-hybridized carbons (Fsp3) is 0.611. The van der Waals surface area contributed by atoms with E-state index >= 15 is 0 Å². The highest BCUT2D eigenvalue weighted by atomic mass is 16.7. The summed E-state index contributed by atoms with van der Waals surface area (Å²) in [6.07, 6.45) is -11.6. The second-order valence-corrected chi connectivity index (χ2v) is 7.50. The number of hydrogen-bond donors (Lipinski definition) is 9. The maximum Gasteiger partial charge on any atom is 0.335 e. The fourth-order valence-corrected chi connectivity index (χ4v) is 3.21. The molecule has 1 aromatic rings. The van der Waals surface area contributed by atoms with Crippen LogP contribution >= 0.6 is 0 Å². The molecule has 0 amide bonds. The molecule has 3 rings (SSSR count). The monoisotopic (exact) mass is 464 g/mol. The van der Waals surface area contributed by atoms with Gasteiger partial charge in [0.05, 0.1) is 25.4 Å². The standard InChI is InChI=1S/C18H24O14/c19-4-18(28)5-30-17(14(18)25)29-3-9-11(22)12(23)13(24)16(32-9)31-8-2-6(15(26)27)1-7(20)10(8)21/h1-2,9,11-14,16-17,19-25,28H,3-5H2,(H,26,27)/t9-,11-,12+,13-,14-,16-,17+,18+/m1/s1. The van der Waals surface area contributed by atoms with E-state index in [1.54, 1.807) is 0 Å². The van der Waals surface area contributed by atoms with Gasteiger partial charge in [0.25, 0.3) is 0 Å². The number of benzene rings is 1. The predicted octanol–water partition coefficient (Wildman–Crippen LogP) is -3.56. The third-order valence-electron chi connectivity index (χ3n) is 5.22. The third-order valence-corrected chi connectivity index (χ3v) is 5.22. The molecule has 2 aliphatic heterocycles. The number of ether oxygens (including phenoxy) is 4. The van der Waals surface area contributed by atoms with Crippen molar-refractivity contribution in [2.45, 2.75) is 48.7 Å². The van der Waals surface area contributed by atoms with E-state index in [0.29, 0.717) is 0 Å². The Morgan fingerprint density at radius 2 is 1.78 bits per heavy atom. The lowest BCUT2D eigenvalue weighted by Crippen LogP contribution is -2.60.